The quantitative estimate of drug-likeness (QED) is 0.643. The van der Waals surface area contributed by atoms with Gasteiger partial charge in [-0.2, -0.15) is 13.2 Å². The molecule has 1 aromatic carbocycles. The number of carbonyl (C=O) groups is 1. The molecule has 3 nitrogen and oxygen atoms in total. The van der Waals surface area contributed by atoms with Gasteiger partial charge in [0.15, 0.2) is 0 Å². The molecule has 0 aromatic heterocycles. The average molecular weight is 352 g/mol. The molecule has 7 heteroatoms. The summed E-state index contributed by atoms with van der Waals surface area (Å²) in [6.07, 6.45) is -1.69. The van der Waals surface area contributed by atoms with Crippen LogP contribution in [0.4, 0.5) is 18.9 Å². The number of halogens is 4. The molecule has 1 rings (SSSR count). The van der Waals surface area contributed by atoms with Crippen molar-refractivity contribution in [3.63, 3.8) is 0 Å². The Kier molecular flexibility index (Phi) is 6.06. The molecule has 0 atom stereocenters. The molecule has 0 heterocycles. The van der Waals surface area contributed by atoms with Gasteiger partial charge in [-0.3, -0.25) is 0 Å². The summed E-state index contributed by atoms with van der Waals surface area (Å²) in [4.78, 5) is 11.0. The Hall–Kier alpha value is -1.50. The molecule has 0 saturated heterocycles. The predicted octanol–water partition coefficient (Wildman–Crippen LogP) is 4.00. The fourth-order valence-electron chi connectivity index (χ4n) is 1.35. The number of rotatable bonds is 5. The Morgan fingerprint density at radius 2 is 2.15 bits per heavy atom. The molecule has 0 aliphatic rings. The number of anilines is 1. The number of hydrogen-bond donors (Lipinski definition) is 1. The van der Waals surface area contributed by atoms with Gasteiger partial charge in [0, 0.05) is 22.8 Å². The summed E-state index contributed by atoms with van der Waals surface area (Å²) in [7, 11) is 0. The smallest absolute Gasteiger partial charge is 0.416 e. The van der Waals surface area contributed by atoms with Crippen molar-refractivity contribution in [1.82, 2.24) is 0 Å². The number of alkyl halides is 3. The van der Waals surface area contributed by atoms with Crippen LogP contribution in [0, 0.1) is 0 Å². The third-order valence-electron chi connectivity index (χ3n) is 2.24. The van der Waals surface area contributed by atoms with Crippen molar-refractivity contribution in [2.45, 2.75) is 13.1 Å². The molecule has 0 amide bonds. The Morgan fingerprint density at radius 1 is 1.45 bits per heavy atom. The maximum atomic E-state index is 12.6. The zero-order chi connectivity index (χ0) is 15.2. The molecule has 0 radical (unpaired) electrons. The van der Waals surface area contributed by atoms with Crippen molar-refractivity contribution in [2.75, 3.05) is 18.5 Å². The van der Waals surface area contributed by atoms with Crippen molar-refractivity contribution in [3.05, 3.63) is 40.4 Å². The summed E-state index contributed by atoms with van der Waals surface area (Å²) in [6.45, 7) is 2.16. The molecule has 0 aliphatic heterocycles. The van der Waals surface area contributed by atoms with Gasteiger partial charge in [-0.25, -0.2) is 4.79 Å². The number of nitrogens with one attached hydrogen (secondary N) is 1. The van der Waals surface area contributed by atoms with E-state index in [9.17, 15) is 18.0 Å². The fourth-order valence-corrected chi connectivity index (χ4v) is 1.74. The van der Waals surface area contributed by atoms with Gasteiger partial charge in [0.05, 0.1) is 12.2 Å². The lowest BCUT2D eigenvalue weighted by Gasteiger charge is -2.11. The fraction of sp³-hybridized carbons (Fsp3) is 0.308. The topological polar surface area (TPSA) is 38.3 Å². The maximum absolute atomic E-state index is 12.6. The van der Waals surface area contributed by atoms with Crippen LogP contribution >= 0.6 is 15.9 Å². The van der Waals surface area contributed by atoms with Crippen molar-refractivity contribution in [3.8, 4) is 0 Å². The van der Waals surface area contributed by atoms with Crippen LogP contribution in [-0.2, 0) is 15.7 Å². The maximum Gasteiger partial charge on any atom is 0.416 e. The van der Waals surface area contributed by atoms with E-state index in [1.54, 1.807) is 6.92 Å². The molecule has 110 valence electrons. The highest BCUT2D eigenvalue weighted by molar-refractivity contribution is 9.10. The molecular weight excluding hydrogens is 339 g/mol. The Balaban J connectivity index is 2.66. The van der Waals surface area contributed by atoms with Gasteiger partial charge in [-0.1, -0.05) is 6.08 Å². The Labute approximate surface area is 122 Å². The Bertz CT molecular complexity index is 501. The normalized spacial score (nSPS) is 11.7. The lowest BCUT2D eigenvalue weighted by molar-refractivity contribution is -0.138. The molecule has 0 saturated carbocycles. The Morgan fingerprint density at radius 3 is 2.75 bits per heavy atom. The van der Waals surface area contributed by atoms with Crippen LogP contribution in [0.25, 0.3) is 0 Å². The van der Waals surface area contributed by atoms with Crippen molar-refractivity contribution >= 4 is 27.6 Å². The van der Waals surface area contributed by atoms with E-state index in [1.807, 2.05) is 0 Å². The average Bonchev–Trinajstić information content (AvgIpc) is 2.35. The van der Waals surface area contributed by atoms with Crippen LogP contribution in [0.2, 0.25) is 0 Å². The summed E-state index contributed by atoms with van der Waals surface area (Å²) < 4.78 is 42.9. The van der Waals surface area contributed by atoms with Gasteiger partial charge < -0.3 is 10.1 Å². The van der Waals surface area contributed by atoms with E-state index in [4.69, 9.17) is 0 Å². The third kappa shape index (κ3) is 5.24. The molecule has 0 fully saturated rings. The van der Waals surface area contributed by atoms with E-state index in [-0.39, 0.29) is 13.2 Å². The van der Waals surface area contributed by atoms with E-state index in [2.05, 4.69) is 26.0 Å². The van der Waals surface area contributed by atoms with Crippen molar-refractivity contribution in [2.24, 2.45) is 0 Å². The van der Waals surface area contributed by atoms with Crippen LogP contribution in [0.5, 0.6) is 0 Å². The first-order valence-electron chi connectivity index (χ1n) is 5.78. The van der Waals surface area contributed by atoms with Crippen molar-refractivity contribution in [1.29, 1.82) is 0 Å². The first-order chi connectivity index (χ1) is 9.34. The monoisotopic (exact) mass is 351 g/mol. The van der Waals surface area contributed by atoms with Gasteiger partial charge in [0.1, 0.15) is 0 Å². The lowest BCUT2D eigenvalue weighted by atomic mass is 10.2. The van der Waals surface area contributed by atoms with E-state index < -0.39 is 17.7 Å². The predicted molar refractivity (Wildman–Crippen MR) is 73.4 cm³/mol. The zero-order valence-corrected chi connectivity index (χ0v) is 12.2. The number of benzene rings is 1. The molecule has 1 N–H and O–H groups in total. The van der Waals surface area contributed by atoms with E-state index >= 15 is 0 Å². The third-order valence-corrected chi connectivity index (χ3v) is 2.94. The zero-order valence-electron chi connectivity index (χ0n) is 10.6. The van der Waals surface area contributed by atoms with Crippen LogP contribution in [0.1, 0.15) is 12.5 Å². The number of esters is 1. The minimum Gasteiger partial charge on any atom is -0.463 e. The van der Waals surface area contributed by atoms with E-state index in [0.717, 1.165) is 12.1 Å². The van der Waals surface area contributed by atoms with Crippen LogP contribution in [0.15, 0.2) is 34.8 Å². The minimum atomic E-state index is -4.39. The van der Waals surface area contributed by atoms with Crippen LogP contribution in [0.3, 0.4) is 0 Å². The molecular formula is C13H13BrF3NO2. The van der Waals surface area contributed by atoms with Gasteiger partial charge in [-0.05, 0) is 41.1 Å². The van der Waals surface area contributed by atoms with Gasteiger partial charge in [0.25, 0.3) is 0 Å². The molecule has 1 aromatic rings. The summed E-state index contributed by atoms with van der Waals surface area (Å²) in [5, 5.41) is 2.78. The number of hydrogen-bond acceptors (Lipinski definition) is 3. The molecule has 0 aliphatic carbocycles. The van der Waals surface area contributed by atoms with E-state index in [0.29, 0.717) is 10.2 Å². The first-order valence-corrected chi connectivity index (χ1v) is 6.57. The molecule has 0 bridgehead atoms. The number of carbonyl (C=O) groups excluding carboxylic acids is 1. The largest absolute Gasteiger partial charge is 0.463 e. The lowest BCUT2D eigenvalue weighted by Crippen LogP contribution is -2.07. The second-order valence-electron chi connectivity index (χ2n) is 3.73. The summed E-state index contributed by atoms with van der Waals surface area (Å²) in [5.41, 5.74) is -0.439. The standard InChI is InChI=1S/C13H13BrF3NO2/c1-2-20-12(19)4-3-7-18-11-8-9(13(15,16)17)5-6-10(11)14/h3-6,8,18H,2,7H2,1H3/b4-3+. The summed E-state index contributed by atoms with van der Waals surface area (Å²) in [6, 6.07) is 3.31. The van der Waals surface area contributed by atoms with Crippen LogP contribution < -0.4 is 5.32 Å². The molecule has 0 unspecified atom stereocenters. The highest BCUT2D eigenvalue weighted by Gasteiger charge is 2.30. The molecule has 0 spiro atoms. The van der Waals surface area contributed by atoms with Crippen LogP contribution in [-0.4, -0.2) is 19.1 Å². The minimum absolute atomic E-state index is 0.207. The first kappa shape index (κ1) is 16.6. The number of ether oxygens (including phenoxy) is 1. The second-order valence-corrected chi connectivity index (χ2v) is 4.58. The SMILES string of the molecule is CCOC(=O)/C=C/CNc1cc(C(F)(F)F)ccc1Br. The van der Waals surface area contributed by atoms with Gasteiger partial charge in [0.2, 0.25) is 0 Å². The van der Waals surface area contributed by atoms with Gasteiger partial charge in [-0.15, -0.1) is 0 Å². The van der Waals surface area contributed by atoms with E-state index in [1.165, 1.54) is 18.2 Å². The summed E-state index contributed by atoms with van der Waals surface area (Å²) >= 11 is 3.16. The van der Waals surface area contributed by atoms with Gasteiger partial charge >= 0.3 is 12.1 Å². The highest BCUT2D eigenvalue weighted by atomic mass is 79.9. The molecule has 20 heavy (non-hydrogen) atoms. The van der Waals surface area contributed by atoms with Crippen molar-refractivity contribution < 1.29 is 22.7 Å². The second kappa shape index (κ2) is 7.33. The highest BCUT2D eigenvalue weighted by Crippen LogP contribution is 2.33. The summed E-state index contributed by atoms with van der Waals surface area (Å²) in [5.74, 6) is -0.489.